The van der Waals surface area contributed by atoms with Crippen molar-refractivity contribution in [2.45, 2.75) is 39.7 Å². The monoisotopic (exact) mass is 346 g/mol. The number of aromatic nitrogens is 1. The Morgan fingerprint density at radius 3 is 2.68 bits per heavy atom. The van der Waals surface area contributed by atoms with E-state index in [1.54, 1.807) is 20.8 Å². The van der Waals surface area contributed by atoms with Gasteiger partial charge in [0.05, 0.1) is 12.5 Å². The quantitative estimate of drug-likeness (QED) is 0.620. The Morgan fingerprint density at radius 1 is 1.24 bits per heavy atom. The molecule has 6 nitrogen and oxygen atoms in total. The second-order valence-electron chi connectivity index (χ2n) is 7.06. The van der Waals surface area contributed by atoms with E-state index in [4.69, 9.17) is 9.47 Å². The van der Waals surface area contributed by atoms with Crippen LogP contribution in [0.5, 0.6) is 0 Å². The number of para-hydroxylation sites is 1. The highest BCUT2D eigenvalue weighted by atomic mass is 16.6. The van der Waals surface area contributed by atoms with Crippen molar-refractivity contribution in [1.82, 2.24) is 10.3 Å². The molecular weight excluding hydrogens is 320 g/mol. The molecule has 1 atom stereocenters. The molecule has 1 amide bonds. The number of esters is 1. The fourth-order valence-corrected chi connectivity index (χ4v) is 2.47. The lowest BCUT2D eigenvalue weighted by Crippen LogP contribution is -2.34. The maximum absolute atomic E-state index is 12.1. The van der Waals surface area contributed by atoms with Crippen molar-refractivity contribution in [1.29, 1.82) is 0 Å². The molecule has 0 aliphatic rings. The van der Waals surface area contributed by atoms with Gasteiger partial charge in [-0.25, -0.2) is 4.79 Å². The van der Waals surface area contributed by atoms with E-state index in [-0.39, 0.29) is 25.0 Å². The number of hydrogen-bond donors (Lipinski definition) is 2. The summed E-state index contributed by atoms with van der Waals surface area (Å²) in [6, 6.07) is 7.98. The van der Waals surface area contributed by atoms with Gasteiger partial charge in [0.25, 0.3) is 0 Å². The van der Waals surface area contributed by atoms with Crippen molar-refractivity contribution < 1.29 is 19.1 Å². The zero-order chi connectivity index (χ0) is 18.4. The Kier molecular flexibility index (Phi) is 6.07. The van der Waals surface area contributed by atoms with Gasteiger partial charge < -0.3 is 19.8 Å². The summed E-state index contributed by atoms with van der Waals surface area (Å²) < 4.78 is 10.3. The number of rotatable bonds is 6. The summed E-state index contributed by atoms with van der Waals surface area (Å²) in [6.45, 7) is 7.55. The zero-order valence-corrected chi connectivity index (χ0v) is 15.2. The summed E-state index contributed by atoms with van der Waals surface area (Å²) in [7, 11) is 0. The van der Waals surface area contributed by atoms with Gasteiger partial charge in [-0.05, 0) is 38.8 Å². The molecule has 0 saturated heterocycles. The molecule has 2 rings (SSSR count). The Labute approximate surface area is 147 Å². The number of alkyl carbamates (subject to hydrolysis) is 1. The molecule has 6 heteroatoms. The number of ether oxygens (including phenoxy) is 2. The number of carbonyl (C=O) groups is 2. The highest BCUT2D eigenvalue weighted by molar-refractivity contribution is 5.84. The van der Waals surface area contributed by atoms with Crippen molar-refractivity contribution in [3.63, 3.8) is 0 Å². The molecular formula is C19H26N2O4. The van der Waals surface area contributed by atoms with Crippen LogP contribution in [0, 0.1) is 5.92 Å². The average Bonchev–Trinajstić information content (AvgIpc) is 2.93. The summed E-state index contributed by atoms with van der Waals surface area (Å²) >= 11 is 0. The van der Waals surface area contributed by atoms with Crippen LogP contribution in [0.1, 0.15) is 33.3 Å². The standard InChI is InChI=1S/C19H26N2O4/c1-13(11-14-12-21-16-8-6-5-7-15(14)16)17(22)24-10-9-20-18(23)25-19(2,3)4/h5-8,12-13,21H,9-11H2,1-4H3,(H,20,23)/t13-/m0/s1. The lowest BCUT2D eigenvalue weighted by molar-refractivity contribution is -0.147. The zero-order valence-electron chi connectivity index (χ0n) is 15.2. The van der Waals surface area contributed by atoms with E-state index in [0.29, 0.717) is 6.42 Å². The van der Waals surface area contributed by atoms with Gasteiger partial charge in [-0.3, -0.25) is 4.79 Å². The van der Waals surface area contributed by atoms with Gasteiger partial charge >= 0.3 is 12.1 Å². The summed E-state index contributed by atoms with van der Waals surface area (Å²) in [4.78, 5) is 26.8. The fourth-order valence-electron chi connectivity index (χ4n) is 2.47. The Morgan fingerprint density at radius 2 is 1.96 bits per heavy atom. The molecule has 1 heterocycles. The van der Waals surface area contributed by atoms with Crippen molar-refractivity contribution in [2.24, 2.45) is 5.92 Å². The number of nitrogens with one attached hydrogen (secondary N) is 2. The lowest BCUT2D eigenvalue weighted by Gasteiger charge is -2.19. The Bertz CT molecular complexity index is 730. The number of aromatic amines is 1. The predicted octanol–water partition coefficient (Wildman–Crippen LogP) is 3.41. The van der Waals surface area contributed by atoms with Crippen LogP contribution >= 0.6 is 0 Å². The fraction of sp³-hybridized carbons (Fsp3) is 0.474. The molecule has 0 aliphatic heterocycles. The van der Waals surface area contributed by atoms with Crippen molar-refractivity contribution >= 4 is 23.0 Å². The molecule has 1 aromatic carbocycles. The van der Waals surface area contributed by atoms with E-state index in [1.165, 1.54) is 0 Å². The Balaban J connectivity index is 1.74. The average molecular weight is 346 g/mol. The van der Waals surface area contributed by atoms with Gasteiger partial charge in [-0.1, -0.05) is 25.1 Å². The number of fused-ring (bicyclic) bond motifs is 1. The molecule has 136 valence electrons. The van der Waals surface area contributed by atoms with Gasteiger partial charge in [0.1, 0.15) is 12.2 Å². The minimum atomic E-state index is -0.547. The molecule has 1 aromatic heterocycles. The molecule has 0 aliphatic carbocycles. The normalized spacial score (nSPS) is 12.6. The predicted molar refractivity (Wildman–Crippen MR) is 96.4 cm³/mol. The SMILES string of the molecule is C[C@@H](Cc1c[nH]c2ccccc12)C(=O)OCCNC(=O)OC(C)(C)C. The van der Waals surface area contributed by atoms with Crippen molar-refractivity contribution in [3.05, 3.63) is 36.0 Å². The number of amides is 1. The van der Waals surface area contributed by atoms with Crippen LogP contribution in [0.25, 0.3) is 10.9 Å². The topological polar surface area (TPSA) is 80.4 Å². The minimum Gasteiger partial charge on any atom is -0.464 e. The number of carbonyl (C=O) groups excluding carboxylic acids is 2. The third-order valence-corrected chi connectivity index (χ3v) is 3.62. The van der Waals surface area contributed by atoms with E-state index in [0.717, 1.165) is 16.5 Å². The Hall–Kier alpha value is -2.50. The first-order chi connectivity index (χ1) is 11.8. The molecule has 0 fully saturated rings. The van der Waals surface area contributed by atoms with E-state index >= 15 is 0 Å². The number of hydrogen-bond acceptors (Lipinski definition) is 4. The summed E-state index contributed by atoms with van der Waals surface area (Å²) in [5.41, 5.74) is 1.60. The van der Waals surface area contributed by atoms with E-state index in [9.17, 15) is 9.59 Å². The molecule has 0 radical (unpaired) electrons. The van der Waals surface area contributed by atoms with Gasteiger partial charge in [0, 0.05) is 17.1 Å². The van der Waals surface area contributed by atoms with Crippen LogP contribution in [0.4, 0.5) is 4.79 Å². The summed E-state index contributed by atoms with van der Waals surface area (Å²) in [6.07, 6.45) is 2.01. The lowest BCUT2D eigenvalue weighted by atomic mass is 10.0. The van der Waals surface area contributed by atoms with Gasteiger partial charge in [-0.2, -0.15) is 0 Å². The molecule has 2 N–H and O–H groups in total. The van der Waals surface area contributed by atoms with Crippen LogP contribution in [0.15, 0.2) is 30.5 Å². The maximum Gasteiger partial charge on any atom is 0.407 e. The third-order valence-electron chi connectivity index (χ3n) is 3.62. The van der Waals surface area contributed by atoms with Gasteiger partial charge in [0.15, 0.2) is 0 Å². The molecule has 25 heavy (non-hydrogen) atoms. The van der Waals surface area contributed by atoms with E-state index < -0.39 is 11.7 Å². The largest absolute Gasteiger partial charge is 0.464 e. The van der Waals surface area contributed by atoms with Gasteiger partial charge in [-0.15, -0.1) is 0 Å². The molecule has 0 unspecified atom stereocenters. The van der Waals surface area contributed by atoms with Crippen LogP contribution in [-0.2, 0) is 20.7 Å². The maximum atomic E-state index is 12.1. The first-order valence-corrected chi connectivity index (χ1v) is 8.45. The summed E-state index contributed by atoms with van der Waals surface area (Å²) in [5.74, 6) is -0.544. The second-order valence-corrected chi connectivity index (χ2v) is 7.06. The second kappa shape index (κ2) is 8.05. The van der Waals surface area contributed by atoms with Crippen LogP contribution in [-0.4, -0.2) is 35.8 Å². The van der Waals surface area contributed by atoms with E-state index in [2.05, 4.69) is 10.3 Å². The number of benzene rings is 1. The van der Waals surface area contributed by atoms with E-state index in [1.807, 2.05) is 37.4 Å². The third kappa shape index (κ3) is 5.81. The smallest absolute Gasteiger partial charge is 0.407 e. The van der Waals surface area contributed by atoms with Crippen LogP contribution in [0.2, 0.25) is 0 Å². The molecule has 2 aromatic rings. The first kappa shape index (κ1) is 18.8. The molecule has 0 bridgehead atoms. The van der Waals surface area contributed by atoms with Gasteiger partial charge in [0.2, 0.25) is 0 Å². The molecule has 0 spiro atoms. The van der Waals surface area contributed by atoms with Crippen LogP contribution < -0.4 is 5.32 Å². The summed E-state index contributed by atoms with van der Waals surface area (Å²) in [5, 5.41) is 3.68. The van der Waals surface area contributed by atoms with Crippen LogP contribution in [0.3, 0.4) is 0 Å². The minimum absolute atomic E-state index is 0.121. The highest BCUT2D eigenvalue weighted by Crippen LogP contribution is 2.21. The first-order valence-electron chi connectivity index (χ1n) is 8.45. The number of H-pyrrole nitrogens is 1. The van der Waals surface area contributed by atoms with Crippen molar-refractivity contribution in [3.8, 4) is 0 Å². The molecule has 0 saturated carbocycles. The highest BCUT2D eigenvalue weighted by Gasteiger charge is 2.18. The van der Waals surface area contributed by atoms with Crippen molar-refractivity contribution in [2.75, 3.05) is 13.2 Å².